The van der Waals surface area contributed by atoms with Crippen LogP contribution in [-0.2, 0) is 4.74 Å². The molecule has 0 spiro atoms. The SMILES string of the molecule is CC1(C(O)c2ccccc2OC(F)(F)F)CCCO1. The van der Waals surface area contributed by atoms with E-state index in [4.69, 9.17) is 4.74 Å². The highest BCUT2D eigenvalue weighted by Crippen LogP contribution is 2.41. The molecule has 0 aliphatic carbocycles. The molecule has 0 aromatic heterocycles. The summed E-state index contributed by atoms with van der Waals surface area (Å²) in [6, 6.07) is 5.58. The molecule has 6 heteroatoms. The van der Waals surface area contributed by atoms with Gasteiger partial charge in [0.25, 0.3) is 0 Å². The number of halogens is 3. The van der Waals surface area contributed by atoms with Gasteiger partial charge in [0.05, 0.1) is 5.60 Å². The van der Waals surface area contributed by atoms with Crippen LogP contribution in [0.4, 0.5) is 13.2 Å². The van der Waals surface area contributed by atoms with Crippen LogP contribution < -0.4 is 4.74 Å². The minimum absolute atomic E-state index is 0.0872. The minimum atomic E-state index is -4.78. The molecule has 2 rings (SSSR count). The molecule has 0 bridgehead atoms. The summed E-state index contributed by atoms with van der Waals surface area (Å²) in [4.78, 5) is 0. The normalized spacial score (nSPS) is 25.3. The van der Waals surface area contributed by atoms with Gasteiger partial charge in [-0.25, -0.2) is 0 Å². The first-order chi connectivity index (χ1) is 8.82. The van der Waals surface area contributed by atoms with Crippen molar-refractivity contribution in [2.75, 3.05) is 6.61 Å². The maximum Gasteiger partial charge on any atom is 0.573 e. The van der Waals surface area contributed by atoms with Crippen LogP contribution >= 0.6 is 0 Å². The van der Waals surface area contributed by atoms with Gasteiger partial charge < -0.3 is 14.6 Å². The van der Waals surface area contributed by atoms with Crippen molar-refractivity contribution < 1.29 is 27.8 Å². The van der Waals surface area contributed by atoms with Crippen molar-refractivity contribution >= 4 is 0 Å². The maximum absolute atomic E-state index is 12.3. The lowest BCUT2D eigenvalue weighted by Gasteiger charge is -2.30. The molecule has 106 valence electrons. The number of rotatable bonds is 3. The van der Waals surface area contributed by atoms with Crippen molar-refractivity contribution in [1.29, 1.82) is 0 Å². The molecule has 2 atom stereocenters. The van der Waals surface area contributed by atoms with Crippen LogP contribution in [0.25, 0.3) is 0 Å². The Bertz CT molecular complexity index is 439. The molecule has 1 aliphatic rings. The smallest absolute Gasteiger partial charge is 0.405 e. The van der Waals surface area contributed by atoms with Crippen LogP contribution in [-0.4, -0.2) is 23.7 Å². The molecule has 1 aromatic rings. The third kappa shape index (κ3) is 3.19. The van der Waals surface area contributed by atoms with E-state index in [0.29, 0.717) is 13.0 Å². The highest BCUT2D eigenvalue weighted by Gasteiger charge is 2.41. The summed E-state index contributed by atoms with van der Waals surface area (Å²) < 4.78 is 46.4. The van der Waals surface area contributed by atoms with E-state index in [1.807, 2.05) is 0 Å². The minimum Gasteiger partial charge on any atom is -0.405 e. The van der Waals surface area contributed by atoms with Gasteiger partial charge in [-0.15, -0.1) is 13.2 Å². The number of aliphatic hydroxyl groups excluding tert-OH is 1. The Morgan fingerprint density at radius 2 is 2.05 bits per heavy atom. The van der Waals surface area contributed by atoms with Gasteiger partial charge in [-0.2, -0.15) is 0 Å². The average molecular weight is 276 g/mol. The van der Waals surface area contributed by atoms with Crippen molar-refractivity contribution in [2.45, 2.75) is 37.8 Å². The number of aliphatic hydroxyl groups is 1. The number of para-hydroxylation sites is 1. The number of benzene rings is 1. The summed E-state index contributed by atoms with van der Waals surface area (Å²) in [7, 11) is 0. The van der Waals surface area contributed by atoms with Gasteiger partial charge in [0.15, 0.2) is 0 Å². The highest BCUT2D eigenvalue weighted by atomic mass is 19.4. The molecule has 1 N–H and O–H groups in total. The number of hydrogen-bond acceptors (Lipinski definition) is 3. The average Bonchev–Trinajstić information content (AvgIpc) is 2.75. The zero-order chi connectivity index (χ0) is 14.1. The van der Waals surface area contributed by atoms with Crippen LogP contribution in [0.15, 0.2) is 24.3 Å². The predicted octanol–water partition coefficient (Wildman–Crippen LogP) is 3.19. The van der Waals surface area contributed by atoms with E-state index < -0.39 is 18.1 Å². The summed E-state index contributed by atoms with van der Waals surface area (Å²) in [6.45, 7) is 2.19. The molecule has 1 aliphatic heterocycles. The van der Waals surface area contributed by atoms with Crippen LogP contribution in [0.1, 0.15) is 31.4 Å². The summed E-state index contributed by atoms with van der Waals surface area (Å²) in [5.74, 6) is -0.390. The largest absolute Gasteiger partial charge is 0.573 e. The highest BCUT2D eigenvalue weighted by molar-refractivity contribution is 5.36. The zero-order valence-electron chi connectivity index (χ0n) is 10.4. The monoisotopic (exact) mass is 276 g/mol. The van der Waals surface area contributed by atoms with Crippen LogP contribution in [0.3, 0.4) is 0 Å². The summed E-state index contributed by atoms with van der Waals surface area (Å²) in [6.07, 6.45) is -4.58. The Morgan fingerprint density at radius 1 is 1.37 bits per heavy atom. The maximum atomic E-state index is 12.3. The van der Waals surface area contributed by atoms with Gasteiger partial charge in [-0.3, -0.25) is 0 Å². The lowest BCUT2D eigenvalue weighted by molar-refractivity contribution is -0.275. The molecule has 1 aromatic carbocycles. The number of alkyl halides is 3. The van der Waals surface area contributed by atoms with Gasteiger partial charge in [0, 0.05) is 12.2 Å². The first-order valence-electron chi connectivity index (χ1n) is 5.98. The standard InChI is InChI=1S/C13H15F3O3/c1-12(7-4-8-18-12)11(17)9-5-2-3-6-10(9)19-13(14,15)16/h2-3,5-6,11,17H,4,7-8H2,1H3. The fourth-order valence-electron chi connectivity index (χ4n) is 2.27. The molecular weight excluding hydrogens is 261 g/mol. The Balaban J connectivity index is 2.29. The summed E-state index contributed by atoms with van der Waals surface area (Å²) in [5, 5.41) is 10.3. The van der Waals surface area contributed by atoms with E-state index >= 15 is 0 Å². The van der Waals surface area contributed by atoms with Crippen molar-refractivity contribution in [2.24, 2.45) is 0 Å². The summed E-state index contributed by atoms with van der Waals surface area (Å²) >= 11 is 0. The van der Waals surface area contributed by atoms with Gasteiger partial charge in [0.2, 0.25) is 0 Å². The second-order valence-corrected chi connectivity index (χ2v) is 4.75. The van der Waals surface area contributed by atoms with E-state index in [2.05, 4.69) is 4.74 Å². The molecule has 19 heavy (non-hydrogen) atoms. The first kappa shape index (κ1) is 14.1. The van der Waals surface area contributed by atoms with Gasteiger partial charge in [-0.05, 0) is 25.8 Å². The lowest BCUT2D eigenvalue weighted by Crippen LogP contribution is -2.32. The molecular formula is C13H15F3O3. The number of ether oxygens (including phenoxy) is 2. The Morgan fingerprint density at radius 3 is 2.63 bits per heavy atom. The quantitative estimate of drug-likeness (QED) is 0.921. The van der Waals surface area contributed by atoms with E-state index in [1.165, 1.54) is 18.2 Å². The molecule has 0 saturated carbocycles. The van der Waals surface area contributed by atoms with Gasteiger partial charge in [-0.1, -0.05) is 18.2 Å². The molecule has 1 heterocycles. The third-order valence-electron chi connectivity index (χ3n) is 3.27. The number of hydrogen-bond donors (Lipinski definition) is 1. The Labute approximate surface area is 108 Å². The van der Waals surface area contributed by atoms with Crippen molar-refractivity contribution in [3.63, 3.8) is 0 Å². The molecule has 2 unspecified atom stereocenters. The second-order valence-electron chi connectivity index (χ2n) is 4.75. The molecule has 1 saturated heterocycles. The third-order valence-corrected chi connectivity index (χ3v) is 3.27. The molecule has 0 amide bonds. The molecule has 0 radical (unpaired) electrons. The predicted molar refractivity (Wildman–Crippen MR) is 61.7 cm³/mol. The van der Waals surface area contributed by atoms with Crippen molar-refractivity contribution in [1.82, 2.24) is 0 Å². The topological polar surface area (TPSA) is 38.7 Å². The fraction of sp³-hybridized carbons (Fsp3) is 0.538. The Hall–Kier alpha value is -1.27. The van der Waals surface area contributed by atoms with Crippen LogP contribution in [0.2, 0.25) is 0 Å². The zero-order valence-corrected chi connectivity index (χ0v) is 10.4. The van der Waals surface area contributed by atoms with E-state index in [-0.39, 0.29) is 11.3 Å². The first-order valence-corrected chi connectivity index (χ1v) is 5.98. The molecule has 3 nitrogen and oxygen atoms in total. The van der Waals surface area contributed by atoms with Crippen LogP contribution in [0.5, 0.6) is 5.75 Å². The lowest BCUT2D eigenvalue weighted by atomic mass is 9.90. The van der Waals surface area contributed by atoms with Crippen molar-refractivity contribution in [3.8, 4) is 5.75 Å². The van der Waals surface area contributed by atoms with Gasteiger partial charge >= 0.3 is 6.36 Å². The van der Waals surface area contributed by atoms with Gasteiger partial charge in [0.1, 0.15) is 11.9 Å². The second kappa shape index (κ2) is 5.02. The van der Waals surface area contributed by atoms with Crippen LogP contribution in [0, 0.1) is 0 Å². The van der Waals surface area contributed by atoms with Crippen molar-refractivity contribution in [3.05, 3.63) is 29.8 Å². The summed E-state index contributed by atoms with van der Waals surface area (Å²) in [5.41, 5.74) is -0.783. The Kier molecular flexibility index (Phi) is 3.73. The van der Waals surface area contributed by atoms with E-state index in [9.17, 15) is 18.3 Å². The molecule has 1 fully saturated rings. The van der Waals surface area contributed by atoms with E-state index in [0.717, 1.165) is 6.42 Å². The fourth-order valence-corrected chi connectivity index (χ4v) is 2.27. The van der Waals surface area contributed by atoms with E-state index in [1.54, 1.807) is 13.0 Å².